The smallest absolute Gasteiger partial charge is 0.270 e. The zero-order chi connectivity index (χ0) is 15.0. The molecule has 0 aliphatic carbocycles. The quantitative estimate of drug-likeness (QED) is 0.434. The van der Waals surface area contributed by atoms with Crippen molar-refractivity contribution < 1.29 is 4.92 Å². The number of nitrogens with zero attached hydrogens (tertiary/aromatic N) is 3. The van der Waals surface area contributed by atoms with E-state index >= 15 is 0 Å². The van der Waals surface area contributed by atoms with Gasteiger partial charge < -0.3 is 4.98 Å². The average molecular weight is 299 g/mol. The van der Waals surface area contributed by atoms with Crippen molar-refractivity contribution in [2.45, 2.75) is 0 Å². The molecule has 2 aromatic carbocycles. The summed E-state index contributed by atoms with van der Waals surface area (Å²) in [5, 5.41) is 11.2. The van der Waals surface area contributed by atoms with Gasteiger partial charge in [0.25, 0.3) is 5.69 Å². The van der Waals surface area contributed by atoms with E-state index in [4.69, 9.17) is 18.2 Å². The number of non-ortho nitro benzene ring substituents is 1. The summed E-state index contributed by atoms with van der Waals surface area (Å²) in [6.45, 7) is 6.99. The van der Waals surface area contributed by atoms with Crippen molar-refractivity contribution in [1.82, 2.24) is 9.97 Å². The Morgan fingerprint density at radius 1 is 1.29 bits per heavy atom. The number of aromatic nitrogens is 2. The van der Waals surface area contributed by atoms with Crippen molar-refractivity contribution in [3.05, 3.63) is 63.0 Å². The molecule has 0 atom stereocenters. The van der Waals surface area contributed by atoms with Crippen LogP contribution in [0.5, 0.6) is 0 Å². The summed E-state index contributed by atoms with van der Waals surface area (Å²) in [4.78, 5) is 21.1. The van der Waals surface area contributed by atoms with Crippen molar-refractivity contribution in [1.29, 1.82) is 0 Å². The van der Waals surface area contributed by atoms with E-state index in [1.54, 1.807) is 18.2 Å². The Morgan fingerprint density at radius 3 is 2.81 bits per heavy atom. The monoisotopic (exact) mass is 298 g/mol. The summed E-state index contributed by atoms with van der Waals surface area (Å²) in [5.41, 5.74) is 2.23. The Balaban J connectivity index is 2.18. The predicted molar refractivity (Wildman–Crippen MR) is 79.5 cm³/mol. The Labute approximate surface area is 124 Å². The van der Waals surface area contributed by atoms with Crippen LogP contribution in [0.25, 0.3) is 27.3 Å². The van der Waals surface area contributed by atoms with Gasteiger partial charge in [0.15, 0.2) is 5.69 Å². The first-order chi connectivity index (χ1) is 10.1. The molecule has 0 fully saturated rings. The first-order valence-corrected chi connectivity index (χ1v) is 6.28. The zero-order valence-corrected chi connectivity index (χ0v) is 11.3. The largest absolute Gasteiger partial charge is 0.339 e. The molecule has 102 valence electrons. The number of nitro groups is 1. The van der Waals surface area contributed by atoms with E-state index in [0.29, 0.717) is 33.1 Å². The van der Waals surface area contributed by atoms with Gasteiger partial charge in [-0.25, -0.2) is 9.83 Å². The highest BCUT2D eigenvalue weighted by Crippen LogP contribution is 2.31. The summed E-state index contributed by atoms with van der Waals surface area (Å²) in [6, 6.07) is 9.22. The molecule has 0 saturated carbocycles. The van der Waals surface area contributed by atoms with Gasteiger partial charge in [-0.05, 0) is 18.2 Å². The first-order valence-electron chi connectivity index (χ1n) is 5.90. The SMILES string of the molecule is [C-]#[N+]c1ccc2nc(-c3cc([N+](=O)[O-])ccc3Cl)[nH]c2c1. The molecule has 0 amide bonds. The van der Waals surface area contributed by atoms with E-state index < -0.39 is 4.92 Å². The summed E-state index contributed by atoms with van der Waals surface area (Å²) in [6.07, 6.45) is 0. The molecule has 0 radical (unpaired) electrons. The fraction of sp³-hybridized carbons (Fsp3) is 0. The average Bonchev–Trinajstić information content (AvgIpc) is 2.89. The second kappa shape index (κ2) is 4.89. The van der Waals surface area contributed by atoms with Crippen LogP contribution in [0, 0.1) is 16.7 Å². The molecule has 0 unspecified atom stereocenters. The molecule has 0 aliphatic heterocycles. The lowest BCUT2D eigenvalue weighted by Gasteiger charge is -2.00. The van der Waals surface area contributed by atoms with E-state index in [0.717, 1.165) is 0 Å². The third-order valence-electron chi connectivity index (χ3n) is 3.01. The van der Waals surface area contributed by atoms with E-state index in [1.165, 1.54) is 18.2 Å². The molecule has 3 rings (SSSR count). The van der Waals surface area contributed by atoms with Crippen LogP contribution in [-0.2, 0) is 0 Å². The number of benzene rings is 2. The second-order valence-electron chi connectivity index (χ2n) is 4.32. The number of nitrogens with one attached hydrogen (secondary N) is 1. The number of hydrogen-bond donors (Lipinski definition) is 1. The lowest BCUT2D eigenvalue weighted by Crippen LogP contribution is -1.90. The van der Waals surface area contributed by atoms with Crippen LogP contribution >= 0.6 is 11.6 Å². The molecule has 0 spiro atoms. The second-order valence-corrected chi connectivity index (χ2v) is 4.73. The number of fused-ring (bicyclic) bond motifs is 1. The van der Waals surface area contributed by atoms with Crippen LogP contribution in [0.4, 0.5) is 11.4 Å². The molecule has 1 aromatic heterocycles. The van der Waals surface area contributed by atoms with Crippen molar-refractivity contribution >= 4 is 34.0 Å². The van der Waals surface area contributed by atoms with Crippen LogP contribution < -0.4 is 0 Å². The number of H-pyrrole nitrogens is 1. The number of rotatable bonds is 2. The standard InChI is InChI=1S/C14H7ClN4O2/c1-16-8-2-5-12-13(6-8)18-14(17-12)10-7-9(19(20)21)3-4-11(10)15/h2-7H,(H,17,18). The first kappa shape index (κ1) is 13.1. The van der Waals surface area contributed by atoms with Gasteiger partial charge in [-0.2, -0.15) is 0 Å². The zero-order valence-electron chi connectivity index (χ0n) is 10.5. The van der Waals surface area contributed by atoms with E-state index in [9.17, 15) is 10.1 Å². The number of hydrogen-bond acceptors (Lipinski definition) is 3. The molecule has 0 aliphatic rings. The molecule has 0 saturated heterocycles. The molecule has 1 N–H and O–H groups in total. The van der Waals surface area contributed by atoms with Gasteiger partial charge in [0, 0.05) is 17.7 Å². The van der Waals surface area contributed by atoms with Gasteiger partial charge >= 0.3 is 0 Å². The minimum Gasteiger partial charge on any atom is -0.339 e. The highest BCUT2D eigenvalue weighted by Gasteiger charge is 2.14. The van der Waals surface area contributed by atoms with Gasteiger partial charge in [0.1, 0.15) is 5.82 Å². The fourth-order valence-corrected chi connectivity index (χ4v) is 2.21. The van der Waals surface area contributed by atoms with Crippen molar-refractivity contribution in [2.75, 3.05) is 0 Å². The maximum Gasteiger partial charge on any atom is 0.270 e. The van der Waals surface area contributed by atoms with Crippen molar-refractivity contribution in [2.24, 2.45) is 0 Å². The number of aromatic amines is 1. The van der Waals surface area contributed by atoms with Crippen LogP contribution in [-0.4, -0.2) is 14.9 Å². The maximum atomic E-state index is 10.9. The Kier molecular flexibility index (Phi) is 3.05. The maximum absolute atomic E-state index is 10.9. The van der Waals surface area contributed by atoms with Crippen molar-refractivity contribution in [3.8, 4) is 11.4 Å². The minimum absolute atomic E-state index is 0.0586. The van der Waals surface area contributed by atoms with Gasteiger partial charge in [-0.15, -0.1) is 0 Å². The van der Waals surface area contributed by atoms with Crippen LogP contribution in [0.2, 0.25) is 5.02 Å². The molecular formula is C14H7ClN4O2. The molecule has 0 bridgehead atoms. The molecule has 1 heterocycles. The normalized spacial score (nSPS) is 10.5. The van der Waals surface area contributed by atoms with Crippen LogP contribution in [0.1, 0.15) is 0 Å². The number of nitro benzene ring substituents is 1. The lowest BCUT2D eigenvalue weighted by molar-refractivity contribution is -0.384. The predicted octanol–water partition coefficient (Wildman–Crippen LogP) is 4.34. The van der Waals surface area contributed by atoms with Crippen molar-refractivity contribution in [3.63, 3.8) is 0 Å². The van der Waals surface area contributed by atoms with E-state index in [2.05, 4.69) is 14.8 Å². The van der Waals surface area contributed by atoms with E-state index in [-0.39, 0.29) is 5.69 Å². The van der Waals surface area contributed by atoms with E-state index in [1.807, 2.05) is 0 Å². The van der Waals surface area contributed by atoms with Gasteiger partial charge in [-0.3, -0.25) is 10.1 Å². The lowest BCUT2D eigenvalue weighted by atomic mass is 10.2. The molecule has 3 aromatic rings. The summed E-state index contributed by atoms with van der Waals surface area (Å²) < 4.78 is 0. The highest BCUT2D eigenvalue weighted by atomic mass is 35.5. The molecule has 7 heteroatoms. The molecule has 21 heavy (non-hydrogen) atoms. The third kappa shape index (κ3) is 2.30. The van der Waals surface area contributed by atoms with Gasteiger partial charge in [0.2, 0.25) is 0 Å². The Bertz CT molecular complexity index is 911. The van der Waals surface area contributed by atoms with Crippen LogP contribution in [0.15, 0.2) is 36.4 Å². The fourth-order valence-electron chi connectivity index (χ4n) is 2.00. The Hall–Kier alpha value is -2.91. The molecule has 6 nitrogen and oxygen atoms in total. The number of imidazole rings is 1. The summed E-state index contributed by atoms with van der Waals surface area (Å²) in [5.74, 6) is 0.431. The summed E-state index contributed by atoms with van der Waals surface area (Å²) in [7, 11) is 0. The number of halogens is 1. The molecular weight excluding hydrogens is 292 g/mol. The Morgan fingerprint density at radius 2 is 2.10 bits per heavy atom. The minimum atomic E-state index is -0.487. The highest BCUT2D eigenvalue weighted by molar-refractivity contribution is 6.33. The topological polar surface area (TPSA) is 76.2 Å². The van der Waals surface area contributed by atoms with Gasteiger partial charge in [-0.1, -0.05) is 17.7 Å². The summed E-state index contributed by atoms with van der Waals surface area (Å²) >= 11 is 6.09. The third-order valence-corrected chi connectivity index (χ3v) is 3.34. The van der Waals surface area contributed by atoms with Gasteiger partial charge in [0.05, 0.1) is 27.6 Å². The van der Waals surface area contributed by atoms with Crippen LogP contribution in [0.3, 0.4) is 0 Å².